The summed E-state index contributed by atoms with van der Waals surface area (Å²) in [5, 5.41) is 9.36. The van der Waals surface area contributed by atoms with Gasteiger partial charge in [-0.1, -0.05) is 152 Å². The van der Waals surface area contributed by atoms with Gasteiger partial charge in [0, 0.05) is 53.2 Å². The van der Waals surface area contributed by atoms with Crippen molar-refractivity contribution in [1.29, 1.82) is 0 Å². The first kappa shape index (κ1) is 37.4. The number of allylic oxidation sites excluding steroid dienone is 2. The van der Waals surface area contributed by atoms with E-state index in [-0.39, 0.29) is 0 Å². The van der Waals surface area contributed by atoms with E-state index in [1.807, 2.05) is 11.3 Å². The van der Waals surface area contributed by atoms with Crippen LogP contribution in [-0.2, 0) is 12.8 Å². The first-order chi connectivity index (χ1) is 32.7. The van der Waals surface area contributed by atoms with Crippen LogP contribution in [0.15, 0.2) is 180 Å². The Morgan fingerprint density at radius 2 is 1.15 bits per heavy atom. The van der Waals surface area contributed by atoms with Gasteiger partial charge in [0.05, 0.1) is 0 Å². The summed E-state index contributed by atoms with van der Waals surface area (Å²) in [5.41, 5.74) is 14.7. The summed E-state index contributed by atoms with van der Waals surface area (Å²) in [6.45, 7) is 0. The molecule has 14 rings (SSSR count). The molecule has 0 atom stereocenters. The molecule has 0 amide bonds. The number of para-hydroxylation sites is 1. The number of benzene rings is 9. The van der Waals surface area contributed by atoms with Crippen molar-refractivity contribution in [3.05, 3.63) is 204 Å². The van der Waals surface area contributed by atoms with Crippen molar-refractivity contribution in [3.8, 4) is 45.0 Å². The van der Waals surface area contributed by atoms with Crippen LogP contribution in [-0.4, -0.2) is 15.0 Å². The highest BCUT2D eigenvalue weighted by molar-refractivity contribution is 7.26. The number of hydrogen-bond donors (Lipinski definition) is 0. The number of fused-ring (bicyclic) bond motifs is 11. The molecule has 0 saturated carbocycles. The number of furan rings is 1. The van der Waals surface area contributed by atoms with Crippen LogP contribution in [0.3, 0.4) is 0 Å². The van der Waals surface area contributed by atoms with Crippen molar-refractivity contribution < 1.29 is 4.42 Å². The number of aryl methyl sites for hydroxylation is 2. The van der Waals surface area contributed by atoms with Gasteiger partial charge in [0.25, 0.3) is 0 Å². The van der Waals surface area contributed by atoms with Gasteiger partial charge in [-0.2, -0.15) is 0 Å². The summed E-state index contributed by atoms with van der Waals surface area (Å²) in [6, 6.07) is 61.2. The van der Waals surface area contributed by atoms with E-state index in [0.717, 1.165) is 103 Å². The summed E-state index contributed by atoms with van der Waals surface area (Å²) in [5.74, 6) is 2.05. The highest BCUT2D eigenvalue weighted by Crippen LogP contribution is 2.46. The van der Waals surface area contributed by atoms with Gasteiger partial charge in [-0.3, -0.25) is 0 Å². The second-order valence-corrected chi connectivity index (χ2v) is 18.7. The lowest BCUT2D eigenvalue weighted by Crippen LogP contribution is -2.08. The third-order valence-corrected chi connectivity index (χ3v) is 15.1. The fourth-order valence-electron chi connectivity index (χ4n) is 10.7. The Kier molecular flexibility index (Phi) is 8.37. The van der Waals surface area contributed by atoms with Gasteiger partial charge in [-0.05, 0) is 123 Å². The summed E-state index contributed by atoms with van der Waals surface area (Å²) < 4.78 is 9.51. The number of thiophene rings is 1. The molecule has 12 aromatic rings. The largest absolute Gasteiger partial charge is 0.455 e. The third-order valence-electron chi connectivity index (χ3n) is 13.9. The van der Waals surface area contributed by atoms with Crippen LogP contribution in [0, 0.1) is 0 Å². The molecule has 0 radical (unpaired) electrons. The first-order valence-electron chi connectivity index (χ1n) is 22.8. The fraction of sp³-hybridized carbons (Fsp3) is 0.0656. The Balaban J connectivity index is 0.972. The summed E-state index contributed by atoms with van der Waals surface area (Å²) in [7, 11) is 0. The Hall–Kier alpha value is -7.99. The lowest BCUT2D eigenvalue weighted by Gasteiger charge is -2.22. The van der Waals surface area contributed by atoms with E-state index in [4.69, 9.17) is 19.4 Å². The van der Waals surface area contributed by atoms with E-state index in [1.165, 1.54) is 53.4 Å². The van der Waals surface area contributed by atoms with Gasteiger partial charge in [0.15, 0.2) is 17.5 Å². The van der Waals surface area contributed by atoms with Crippen LogP contribution in [0.25, 0.3) is 126 Å². The molecule has 2 aliphatic rings. The molecule has 0 fully saturated rings. The normalized spacial score (nSPS) is 13.5. The zero-order valence-electron chi connectivity index (χ0n) is 35.9. The van der Waals surface area contributed by atoms with Crippen LogP contribution < -0.4 is 0 Å². The molecule has 0 bridgehead atoms. The quantitative estimate of drug-likeness (QED) is 0.173. The van der Waals surface area contributed by atoms with Gasteiger partial charge >= 0.3 is 0 Å². The fourth-order valence-corrected chi connectivity index (χ4v) is 11.9. The van der Waals surface area contributed by atoms with E-state index in [9.17, 15) is 0 Å². The van der Waals surface area contributed by atoms with E-state index in [1.54, 1.807) is 0 Å². The number of rotatable bonds is 5. The first-order valence-corrected chi connectivity index (χ1v) is 23.7. The number of hydrogen-bond acceptors (Lipinski definition) is 5. The van der Waals surface area contributed by atoms with E-state index in [0.29, 0.717) is 11.6 Å². The summed E-state index contributed by atoms with van der Waals surface area (Å²) >= 11 is 1.85. The molecule has 0 N–H and O–H groups in total. The molecule has 0 aliphatic heterocycles. The standard InChI is InChI=1S/C61H39N3OS/c1-2-14-39-32-41(30-26-36(39)12-1)59-62-60(42-31-29-38-28-27-37-13-3-5-16-44(37)52(38)34-42)64-61(63-59)43-33-40-15-4-6-17-45(40)53(35-43)47-19-11-24-54-56(47)51-23-9-20-48(57(51)65-54)50-22-10-21-49-46-18-7-8-25-55(46)66-58(49)50/h1-2,4-12,14-28,30,32-35H,3,13,29,31H2. The van der Waals surface area contributed by atoms with Gasteiger partial charge in [-0.15, -0.1) is 11.3 Å². The number of aromatic nitrogens is 3. The Morgan fingerprint density at radius 3 is 2.06 bits per heavy atom. The summed E-state index contributed by atoms with van der Waals surface area (Å²) in [6.07, 6.45) is 10.9. The van der Waals surface area contributed by atoms with Gasteiger partial charge in [0.1, 0.15) is 11.2 Å². The Labute approximate surface area is 384 Å². The van der Waals surface area contributed by atoms with E-state index in [2.05, 4.69) is 188 Å². The zero-order valence-corrected chi connectivity index (χ0v) is 36.7. The van der Waals surface area contributed by atoms with Gasteiger partial charge in [-0.25, -0.2) is 15.0 Å². The molecule has 66 heavy (non-hydrogen) atoms. The predicted octanol–water partition coefficient (Wildman–Crippen LogP) is 16.6. The zero-order chi connectivity index (χ0) is 43.3. The molecule has 5 heteroatoms. The van der Waals surface area contributed by atoms with Crippen LogP contribution in [0.5, 0.6) is 0 Å². The molecule has 0 unspecified atom stereocenters. The minimum Gasteiger partial charge on any atom is -0.455 e. The maximum atomic E-state index is 6.95. The molecule has 0 saturated heterocycles. The van der Waals surface area contributed by atoms with E-state index >= 15 is 0 Å². The van der Waals surface area contributed by atoms with Gasteiger partial charge in [0.2, 0.25) is 0 Å². The minimum absolute atomic E-state index is 0.653. The van der Waals surface area contributed by atoms with Crippen molar-refractivity contribution in [2.24, 2.45) is 0 Å². The van der Waals surface area contributed by atoms with Gasteiger partial charge < -0.3 is 4.42 Å². The molecule has 3 heterocycles. The third kappa shape index (κ3) is 5.93. The molecular formula is C61H39N3OS. The van der Waals surface area contributed by atoms with Crippen molar-refractivity contribution in [2.75, 3.05) is 0 Å². The average Bonchev–Trinajstić information content (AvgIpc) is 3.97. The van der Waals surface area contributed by atoms with Crippen molar-refractivity contribution in [2.45, 2.75) is 25.7 Å². The average molecular weight is 862 g/mol. The number of nitrogens with zero attached hydrogens (tertiary/aromatic N) is 3. The molecule has 310 valence electrons. The molecule has 3 aromatic heterocycles. The molecule has 4 nitrogen and oxygen atoms in total. The molecular weight excluding hydrogens is 823 g/mol. The monoisotopic (exact) mass is 861 g/mol. The minimum atomic E-state index is 0.653. The SMILES string of the molecule is C1=Cc2c(ccc3c2C=C(c2nc(-c4ccc5ccccc5c4)nc(-c4cc(-c5cccc6oc7c(-c8cccc9c8sc8ccccc89)cccc7c56)c5ccccc5c4)n2)CC3)CC1. The molecule has 2 aliphatic carbocycles. The van der Waals surface area contributed by atoms with Crippen LogP contribution >= 0.6 is 11.3 Å². The molecule has 9 aromatic carbocycles. The summed E-state index contributed by atoms with van der Waals surface area (Å²) in [4.78, 5) is 16.0. The lowest BCUT2D eigenvalue weighted by molar-refractivity contribution is 0.670. The second kappa shape index (κ2) is 14.8. The predicted molar refractivity (Wildman–Crippen MR) is 277 cm³/mol. The topological polar surface area (TPSA) is 51.8 Å². The Morgan fingerprint density at radius 1 is 0.455 bits per heavy atom. The van der Waals surface area contributed by atoms with Crippen LogP contribution in [0.2, 0.25) is 0 Å². The Bertz CT molecular complexity index is 4070. The van der Waals surface area contributed by atoms with Crippen LogP contribution in [0.1, 0.15) is 40.9 Å². The maximum Gasteiger partial charge on any atom is 0.164 e. The highest BCUT2D eigenvalue weighted by Gasteiger charge is 2.23. The van der Waals surface area contributed by atoms with E-state index < -0.39 is 0 Å². The smallest absolute Gasteiger partial charge is 0.164 e. The van der Waals surface area contributed by atoms with Crippen molar-refractivity contribution >= 4 is 92.7 Å². The van der Waals surface area contributed by atoms with Crippen molar-refractivity contribution in [3.63, 3.8) is 0 Å². The second-order valence-electron chi connectivity index (χ2n) is 17.7. The van der Waals surface area contributed by atoms with Crippen LogP contribution in [0.4, 0.5) is 0 Å². The highest BCUT2D eigenvalue weighted by atomic mass is 32.1. The maximum absolute atomic E-state index is 6.95. The lowest BCUT2D eigenvalue weighted by atomic mass is 9.84. The molecule has 0 spiro atoms. The van der Waals surface area contributed by atoms with Crippen molar-refractivity contribution in [1.82, 2.24) is 15.0 Å².